The largest absolute Gasteiger partial charge is 0 e. The van der Waals surface area contributed by atoms with E-state index in [-0.39, 0.29) is 78.1 Å². The molecule has 0 atom stereocenters. The number of hydrogen-bond acceptors (Lipinski definition) is 0. The van der Waals surface area contributed by atoms with Crippen LogP contribution >= 0.6 is 0 Å². The van der Waals surface area contributed by atoms with Crippen LogP contribution in [0.25, 0.3) is 0 Å². The van der Waals surface area contributed by atoms with Crippen molar-refractivity contribution in [2.45, 2.75) is 0 Å². The van der Waals surface area contributed by atoms with Crippen molar-refractivity contribution in [1.82, 2.24) is 6.15 Å². The van der Waals surface area contributed by atoms with Gasteiger partial charge in [0.1, 0.15) is 0 Å². The van der Waals surface area contributed by atoms with E-state index in [9.17, 15) is 0 Å². The average molecular weight is 276 g/mol. The van der Waals surface area contributed by atoms with Crippen LogP contribution in [0.15, 0.2) is 0 Å². The molecule has 0 saturated heterocycles. The van der Waals surface area contributed by atoms with Crippen molar-refractivity contribution in [2.24, 2.45) is 0 Å². The minimum atomic E-state index is 0. The van der Waals surface area contributed by atoms with Crippen LogP contribution in [0.5, 0.6) is 0 Å². The predicted molar refractivity (Wildman–Crippen MR) is 2.13 cm³/mol. The third kappa shape index (κ3) is 22.6. The molecule has 0 aromatic carbocycles. The molecule has 0 aromatic heterocycles. The van der Waals surface area contributed by atoms with Gasteiger partial charge in [0.2, 0.25) is 0 Å². The molecular weight excluding hydrogens is 276 g/mol. The van der Waals surface area contributed by atoms with Crippen LogP contribution in [0.4, 0.5) is 0 Å². The van der Waals surface area contributed by atoms with Gasteiger partial charge in [0.25, 0.3) is 0 Å². The molecule has 0 N–H and O–H groups in total. The molecular formula is CrMnMoNNi. The molecule has 0 aliphatic rings. The van der Waals surface area contributed by atoms with Crippen molar-refractivity contribution in [3.63, 3.8) is 0 Å². The standard InChI is InChI=1S/Cr.Mn.Mo.N.Ni. The third-order valence-corrected chi connectivity index (χ3v) is 0. The molecule has 0 unspecified atom stereocenters. The third-order valence-electron chi connectivity index (χ3n) is 0. The first-order chi connectivity index (χ1) is 0. The topological polar surface area (TPSA) is 30.5 Å². The molecule has 0 saturated carbocycles. The molecule has 1 nitrogen and oxygen atoms in total. The smallest absolute Gasteiger partial charge is 0 e. The predicted octanol–water partition coefficient (Wildman–Crippen LogP) is -0.491. The Morgan fingerprint density at radius 3 is 1.00 bits per heavy atom. The molecule has 0 spiro atoms. The van der Waals surface area contributed by atoms with E-state index in [0.29, 0.717) is 0 Å². The maximum Gasteiger partial charge on any atom is 0 e. The molecule has 0 rings (SSSR count). The Hall–Kier alpha value is 2.19. The van der Waals surface area contributed by atoms with Gasteiger partial charge < -0.3 is 0 Å². The Bertz CT molecular complexity index is 11.6. The molecule has 0 aliphatic heterocycles. The van der Waals surface area contributed by atoms with Gasteiger partial charge in [0.15, 0.2) is 0 Å². The number of rotatable bonds is 0. The van der Waals surface area contributed by atoms with E-state index >= 15 is 0 Å². The van der Waals surface area contributed by atoms with E-state index in [2.05, 4.69) is 0 Å². The summed E-state index contributed by atoms with van der Waals surface area (Å²) in [5, 5.41) is 0. The van der Waals surface area contributed by atoms with E-state index in [1.54, 1.807) is 0 Å². The van der Waals surface area contributed by atoms with E-state index < -0.39 is 0 Å². The van der Waals surface area contributed by atoms with Crippen LogP contribution in [0, 0.1) is 0 Å². The van der Waals surface area contributed by atoms with E-state index in [1.165, 1.54) is 0 Å². The van der Waals surface area contributed by atoms with E-state index in [4.69, 9.17) is 0 Å². The summed E-state index contributed by atoms with van der Waals surface area (Å²) in [4.78, 5) is 0. The molecule has 4 radical (unpaired) electrons. The second-order valence-electron chi connectivity index (χ2n) is 0. The molecule has 0 amide bonds. The Balaban J connectivity index is 0. The zero-order chi connectivity index (χ0) is 0. The van der Waals surface area contributed by atoms with Gasteiger partial charge in [-0.05, 0) is 0 Å². The molecule has 0 aliphatic carbocycles. The summed E-state index contributed by atoms with van der Waals surface area (Å²) in [5.74, 6) is 0. The van der Waals surface area contributed by atoms with Crippen LogP contribution in [-0.4, -0.2) is 0 Å². The van der Waals surface area contributed by atoms with Crippen molar-refractivity contribution < 1.29 is 72.0 Å². The van der Waals surface area contributed by atoms with E-state index in [1.807, 2.05) is 0 Å². The van der Waals surface area contributed by atoms with Crippen molar-refractivity contribution in [1.29, 1.82) is 0 Å². The molecule has 5 heavy (non-hydrogen) atoms. The average Bonchev–Trinajstić information content (AvgIpc) is 0. The Morgan fingerprint density at radius 2 is 1.00 bits per heavy atom. The fourth-order valence-electron chi connectivity index (χ4n) is 0. The minimum Gasteiger partial charge on any atom is 0 e. The van der Waals surface area contributed by atoms with Crippen molar-refractivity contribution in [3.05, 3.63) is 0 Å². The van der Waals surface area contributed by atoms with Gasteiger partial charge in [-0.2, -0.15) is 0 Å². The van der Waals surface area contributed by atoms with Crippen LogP contribution in [0.3, 0.4) is 0 Å². The fourth-order valence-corrected chi connectivity index (χ4v) is 0. The molecule has 34 valence electrons. The summed E-state index contributed by atoms with van der Waals surface area (Å²) in [6, 6.07) is 0. The molecule has 5 heteroatoms. The first kappa shape index (κ1) is 57.3. The van der Waals surface area contributed by atoms with Crippen molar-refractivity contribution in [2.75, 3.05) is 0 Å². The van der Waals surface area contributed by atoms with Gasteiger partial charge in [-0.15, -0.1) is 0 Å². The first-order valence-electron chi connectivity index (χ1n) is 0. The SMILES string of the molecule is [Cr].[Mn].[Mo].[N].[Ni]. The van der Waals surface area contributed by atoms with E-state index in [0.717, 1.165) is 0 Å². The molecule has 0 bridgehead atoms. The minimum absolute atomic E-state index is 0. The second kappa shape index (κ2) is 34.7. The second-order valence-corrected chi connectivity index (χ2v) is 0. The Labute approximate surface area is 77.4 Å². The molecule has 0 fully saturated rings. The van der Waals surface area contributed by atoms with Gasteiger partial charge in [-0.25, -0.2) is 0 Å². The molecule has 0 aromatic rings. The van der Waals surface area contributed by atoms with Gasteiger partial charge >= 0.3 is 0 Å². The Morgan fingerprint density at radius 1 is 1.00 bits per heavy atom. The van der Waals surface area contributed by atoms with Crippen molar-refractivity contribution >= 4 is 0 Å². The van der Waals surface area contributed by atoms with Crippen LogP contribution in [-0.2, 0) is 72.0 Å². The first-order valence-corrected chi connectivity index (χ1v) is 0. The zero-order valence-electron chi connectivity index (χ0n) is 1.96. The van der Waals surface area contributed by atoms with Gasteiger partial charge in [-0.1, -0.05) is 0 Å². The quantitative estimate of drug-likeness (QED) is 0.534. The maximum atomic E-state index is 0. The summed E-state index contributed by atoms with van der Waals surface area (Å²) in [5.41, 5.74) is 0. The van der Waals surface area contributed by atoms with Crippen LogP contribution in [0.2, 0.25) is 0 Å². The summed E-state index contributed by atoms with van der Waals surface area (Å²) in [6.07, 6.45) is 0. The number of hydrogen-bond donors (Lipinski definition) is 0. The normalized spacial score (nSPS) is 0. The summed E-state index contributed by atoms with van der Waals surface area (Å²) in [6.45, 7) is 0. The summed E-state index contributed by atoms with van der Waals surface area (Å²) < 4.78 is 0. The summed E-state index contributed by atoms with van der Waals surface area (Å²) >= 11 is 0. The van der Waals surface area contributed by atoms with Gasteiger partial charge in [-0.3, -0.25) is 0 Å². The maximum absolute atomic E-state index is 0. The Kier molecular flexibility index (Phi) is 398. The summed E-state index contributed by atoms with van der Waals surface area (Å²) in [7, 11) is 0. The van der Waals surface area contributed by atoms with Crippen molar-refractivity contribution in [3.8, 4) is 0 Å². The van der Waals surface area contributed by atoms with Gasteiger partial charge in [0, 0.05) is 78.1 Å². The monoisotopic (exact) mass is 277 g/mol. The zero-order valence-corrected chi connectivity index (χ0v) is 7.41. The fraction of sp³-hybridized carbons (Fsp3) is 0. The van der Waals surface area contributed by atoms with Crippen LogP contribution < -0.4 is 6.15 Å². The van der Waals surface area contributed by atoms with Crippen LogP contribution in [0.1, 0.15) is 0 Å². The van der Waals surface area contributed by atoms with Gasteiger partial charge in [0.05, 0.1) is 0 Å². The molecule has 0 heterocycles. The number of nitrogens with zero attached hydrogens (tertiary/aromatic N) is 1.